The minimum atomic E-state index is -4.50. The van der Waals surface area contributed by atoms with E-state index in [-0.39, 0.29) is 12.6 Å². The van der Waals surface area contributed by atoms with Crippen molar-refractivity contribution in [2.24, 2.45) is 22.7 Å². The zero-order valence-corrected chi connectivity index (χ0v) is 10.4. The van der Waals surface area contributed by atoms with E-state index < -0.39 is 17.9 Å². The number of rotatable bonds is 7. The average molecular weight is 267 g/mol. The summed E-state index contributed by atoms with van der Waals surface area (Å²) in [6.45, 7) is 1.59. The quantitative estimate of drug-likeness (QED) is 0.286. The third-order valence-electron chi connectivity index (χ3n) is 3.29. The van der Waals surface area contributed by atoms with Gasteiger partial charge in [-0.25, -0.2) is 0 Å². The number of nitrogens with one attached hydrogen (secondary N) is 1. The van der Waals surface area contributed by atoms with Crippen LogP contribution in [-0.4, -0.2) is 29.8 Å². The Morgan fingerprint density at radius 2 is 2.11 bits per heavy atom. The van der Waals surface area contributed by atoms with Crippen LogP contribution in [0.2, 0.25) is 0 Å². The fraction of sp³-hybridized carbons (Fsp3) is 0.909. The molecule has 4 N–H and O–H groups in total. The summed E-state index contributed by atoms with van der Waals surface area (Å²) >= 11 is 0. The maximum Gasteiger partial charge on any atom is 0.400 e. The van der Waals surface area contributed by atoms with Gasteiger partial charge in [-0.05, 0) is 18.8 Å². The number of oxime groups is 1. The number of amidine groups is 1. The van der Waals surface area contributed by atoms with Crippen molar-refractivity contribution < 1.29 is 18.4 Å². The Morgan fingerprint density at radius 3 is 2.50 bits per heavy atom. The second-order valence-corrected chi connectivity index (χ2v) is 4.81. The van der Waals surface area contributed by atoms with Crippen molar-refractivity contribution in [3.05, 3.63) is 0 Å². The molecule has 0 aromatic carbocycles. The Bertz CT molecular complexity index is 290. The topological polar surface area (TPSA) is 70.6 Å². The van der Waals surface area contributed by atoms with E-state index in [0.29, 0.717) is 5.92 Å². The summed E-state index contributed by atoms with van der Waals surface area (Å²) in [5.41, 5.74) is 5.08. The molecular weight excluding hydrogens is 247 g/mol. The smallest absolute Gasteiger partial charge is 0.400 e. The number of alkyl halides is 3. The molecule has 0 aliphatic heterocycles. The van der Waals surface area contributed by atoms with Crippen LogP contribution >= 0.6 is 0 Å². The third kappa shape index (κ3) is 4.72. The lowest BCUT2D eigenvalue weighted by atomic mass is 10.0. The summed E-state index contributed by atoms with van der Waals surface area (Å²) in [5, 5.41) is 13.7. The van der Waals surface area contributed by atoms with E-state index in [0.717, 1.165) is 12.8 Å². The van der Waals surface area contributed by atoms with Crippen molar-refractivity contribution in [1.29, 1.82) is 0 Å². The fourth-order valence-electron chi connectivity index (χ4n) is 1.89. The second kappa shape index (κ2) is 6.26. The molecule has 1 aliphatic rings. The summed E-state index contributed by atoms with van der Waals surface area (Å²) in [6, 6.07) is 0.0637. The molecule has 0 bridgehead atoms. The van der Waals surface area contributed by atoms with Crippen molar-refractivity contribution in [3.8, 4) is 0 Å². The molecule has 7 heteroatoms. The van der Waals surface area contributed by atoms with Crippen LogP contribution in [0.4, 0.5) is 13.2 Å². The van der Waals surface area contributed by atoms with E-state index >= 15 is 0 Å². The van der Waals surface area contributed by atoms with Crippen molar-refractivity contribution in [3.63, 3.8) is 0 Å². The van der Waals surface area contributed by atoms with Crippen LogP contribution in [0.5, 0.6) is 0 Å². The van der Waals surface area contributed by atoms with E-state index in [1.54, 1.807) is 0 Å². The molecule has 4 nitrogen and oxygen atoms in total. The monoisotopic (exact) mass is 267 g/mol. The maximum atomic E-state index is 12.7. The van der Waals surface area contributed by atoms with E-state index in [2.05, 4.69) is 10.5 Å². The van der Waals surface area contributed by atoms with Crippen molar-refractivity contribution in [2.75, 3.05) is 6.54 Å². The molecule has 0 aromatic rings. The lowest BCUT2D eigenvalue weighted by Crippen LogP contribution is -2.45. The van der Waals surface area contributed by atoms with Crippen LogP contribution in [-0.2, 0) is 0 Å². The normalized spacial score (nSPS) is 20.8. The molecule has 2 unspecified atom stereocenters. The molecule has 0 aromatic heterocycles. The van der Waals surface area contributed by atoms with Gasteiger partial charge in [0, 0.05) is 12.6 Å². The highest BCUT2D eigenvalue weighted by molar-refractivity contribution is 5.83. The van der Waals surface area contributed by atoms with Gasteiger partial charge in [0.15, 0.2) is 5.84 Å². The van der Waals surface area contributed by atoms with Gasteiger partial charge in [0.1, 0.15) is 5.92 Å². The maximum absolute atomic E-state index is 12.7. The molecule has 0 heterocycles. The van der Waals surface area contributed by atoms with Gasteiger partial charge in [-0.15, -0.1) is 0 Å². The molecule has 1 aliphatic carbocycles. The summed E-state index contributed by atoms with van der Waals surface area (Å²) < 4.78 is 38.0. The molecule has 1 saturated carbocycles. The van der Waals surface area contributed by atoms with Crippen molar-refractivity contribution >= 4 is 5.84 Å². The average Bonchev–Trinajstić information content (AvgIpc) is 3.09. The molecular formula is C11H20F3N3O. The van der Waals surface area contributed by atoms with Crippen LogP contribution in [0.1, 0.15) is 32.6 Å². The van der Waals surface area contributed by atoms with Gasteiger partial charge in [0.2, 0.25) is 0 Å². The van der Waals surface area contributed by atoms with E-state index in [1.807, 2.05) is 6.92 Å². The first-order valence-electron chi connectivity index (χ1n) is 6.16. The minimum Gasteiger partial charge on any atom is -0.409 e. The molecule has 1 fully saturated rings. The van der Waals surface area contributed by atoms with Gasteiger partial charge >= 0.3 is 6.18 Å². The summed E-state index contributed by atoms with van der Waals surface area (Å²) in [6.07, 6.45) is -0.488. The van der Waals surface area contributed by atoms with Gasteiger partial charge in [-0.3, -0.25) is 0 Å². The molecule has 0 amide bonds. The fourth-order valence-corrected chi connectivity index (χ4v) is 1.89. The lowest BCUT2D eigenvalue weighted by Gasteiger charge is -2.23. The minimum absolute atomic E-state index is 0.0637. The summed E-state index contributed by atoms with van der Waals surface area (Å²) in [7, 11) is 0. The standard InChI is InChI=1S/C11H20F3N3O/c1-2-8(5-7-3-4-7)16-6-9(10(15)17-18)11(12,13)14/h7-9,16,18H,2-6H2,1H3,(H2,15,17). The molecule has 0 radical (unpaired) electrons. The Labute approximate surface area is 104 Å². The molecule has 106 valence electrons. The zero-order valence-electron chi connectivity index (χ0n) is 10.4. The van der Waals surface area contributed by atoms with E-state index in [9.17, 15) is 13.2 Å². The Hall–Kier alpha value is -0.980. The first-order chi connectivity index (χ1) is 8.38. The Balaban J connectivity index is 2.49. The molecule has 2 atom stereocenters. The number of hydrogen-bond donors (Lipinski definition) is 3. The zero-order chi connectivity index (χ0) is 13.8. The third-order valence-corrected chi connectivity index (χ3v) is 3.29. The number of nitrogens with two attached hydrogens (primary N) is 1. The van der Waals surface area contributed by atoms with Gasteiger partial charge in [0.05, 0.1) is 0 Å². The van der Waals surface area contributed by atoms with Crippen LogP contribution in [0.15, 0.2) is 5.16 Å². The lowest BCUT2D eigenvalue weighted by molar-refractivity contribution is -0.155. The van der Waals surface area contributed by atoms with Crippen molar-refractivity contribution in [2.45, 2.75) is 44.8 Å². The summed E-state index contributed by atoms with van der Waals surface area (Å²) in [4.78, 5) is 0. The second-order valence-electron chi connectivity index (χ2n) is 4.81. The number of hydrogen-bond acceptors (Lipinski definition) is 3. The Morgan fingerprint density at radius 1 is 1.50 bits per heavy atom. The van der Waals surface area contributed by atoms with E-state index in [1.165, 1.54) is 12.8 Å². The van der Waals surface area contributed by atoms with E-state index in [4.69, 9.17) is 10.9 Å². The van der Waals surface area contributed by atoms with Gasteiger partial charge in [0.25, 0.3) is 0 Å². The molecule has 0 saturated heterocycles. The van der Waals surface area contributed by atoms with Crippen LogP contribution in [0.3, 0.4) is 0 Å². The summed E-state index contributed by atoms with van der Waals surface area (Å²) in [5.74, 6) is -2.08. The predicted molar refractivity (Wildman–Crippen MR) is 62.4 cm³/mol. The van der Waals surface area contributed by atoms with Crippen LogP contribution in [0, 0.1) is 11.8 Å². The molecule has 0 spiro atoms. The number of nitrogens with zero attached hydrogens (tertiary/aromatic N) is 1. The van der Waals surface area contributed by atoms with Gasteiger partial charge < -0.3 is 16.3 Å². The first kappa shape index (κ1) is 15.1. The first-order valence-corrected chi connectivity index (χ1v) is 6.16. The Kier molecular flexibility index (Phi) is 5.25. The predicted octanol–water partition coefficient (Wildman–Crippen LogP) is 2.08. The highest BCUT2D eigenvalue weighted by Crippen LogP contribution is 2.34. The highest BCUT2D eigenvalue weighted by atomic mass is 19.4. The molecule has 1 rings (SSSR count). The highest BCUT2D eigenvalue weighted by Gasteiger charge is 2.42. The van der Waals surface area contributed by atoms with Crippen LogP contribution < -0.4 is 11.1 Å². The van der Waals surface area contributed by atoms with Crippen molar-refractivity contribution in [1.82, 2.24) is 5.32 Å². The van der Waals surface area contributed by atoms with Crippen LogP contribution in [0.25, 0.3) is 0 Å². The molecule has 18 heavy (non-hydrogen) atoms. The van der Waals surface area contributed by atoms with Gasteiger partial charge in [-0.1, -0.05) is 24.9 Å². The van der Waals surface area contributed by atoms with Gasteiger partial charge in [-0.2, -0.15) is 13.2 Å². The SMILES string of the molecule is CCC(CC1CC1)NCC(C(N)=NO)C(F)(F)F. The number of halogens is 3. The largest absolute Gasteiger partial charge is 0.409 e.